The SMILES string of the molecule is C=C(C)C(=O)O[C@H]1C=CC=C(Cl)[C@H]1OC(=O)C(=C)C. The summed E-state index contributed by atoms with van der Waals surface area (Å²) in [7, 11) is 0. The summed E-state index contributed by atoms with van der Waals surface area (Å²) < 4.78 is 10.3. The third-order valence-electron chi connectivity index (χ3n) is 2.30. The fourth-order valence-corrected chi connectivity index (χ4v) is 1.52. The molecule has 19 heavy (non-hydrogen) atoms. The maximum atomic E-state index is 11.5. The largest absolute Gasteiger partial charge is 0.450 e. The molecule has 0 heterocycles. The number of ether oxygens (including phenoxy) is 2. The lowest BCUT2D eigenvalue weighted by Gasteiger charge is -2.26. The standard InChI is InChI=1S/C14H15ClO4/c1-8(2)13(16)18-11-7-5-6-10(15)12(11)19-14(17)9(3)4/h5-7,11-12H,1,3H2,2,4H3/t11-,12+/m0/s1. The number of carbonyl (C=O) groups excluding carboxylic acids is 2. The molecule has 1 aliphatic rings. The first-order valence-corrected chi connectivity index (χ1v) is 5.97. The van der Waals surface area contributed by atoms with Crippen LogP contribution in [0.3, 0.4) is 0 Å². The third-order valence-corrected chi connectivity index (χ3v) is 2.64. The lowest BCUT2D eigenvalue weighted by molar-refractivity contribution is -0.156. The van der Waals surface area contributed by atoms with E-state index < -0.39 is 24.1 Å². The number of rotatable bonds is 4. The Balaban J connectivity index is 2.83. The molecule has 1 rings (SSSR count). The lowest BCUT2D eigenvalue weighted by atomic mass is 10.1. The zero-order chi connectivity index (χ0) is 14.6. The summed E-state index contributed by atoms with van der Waals surface area (Å²) in [6, 6.07) is 0. The van der Waals surface area contributed by atoms with Gasteiger partial charge >= 0.3 is 11.9 Å². The maximum Gasteiger partial charge on any atom is 0.333 e. The first-order valence-electron chi connectivity index (χ1n) is 5.59. The van der Waals surface area contributed by atoms with Gasteiger partial charge in [-0.25, -0.2) is 9.59 Å². The topological polar surface area (TPSA) is 52.6 Å². The summed E-state index contributed by atoms with van der Waals surface area (Å²) in [5.41, 5.74) is 0.494. The van der Waals surface area contributed by atoms with Gasteiger partial charge in [-0.1, -0.05) is 30.8 Å². The molecule has 0 aliphatic heterocycles. The van der Waals surface area contributed by atoms with Crippen molar-refractivity contribution >= 4 is 23.5 Å². The monoisotopic (exact) mass is 282 g/mol. The fourth-order valence-electron chi connectivity index (χ4n) is 1.27. The molecule has 2 atom stereocenters. The molecule has 4 nitrogen and oxygen atoms in total. The smallest absolute Gasteiger partial charge is 0.333 e. The lowest BCUT2D eigenvalue weighted by Crippen LogP contribution is -2.35. The van der Waals surface area contributed by atoms with E-state index in [9.17, 15) is 9.59 Å². The molecule has 0 N–H and O–H groups in total. The van der Waals surface area contributed by atoms with Gasteiger partial charge in [0.2, 0.25) is 0 Å². The van der Waals surface area contributed by atoms with E-state index in [0.29, 0.717) is 0 Å². The molecule has 0 bridgehead atoms. The molecule has 0 unspecified atom stereocenters. The maximum absolute atomic E-state index is 11.5. The zero-order valence-electron chi connectivity index (χ0n) is 10.8. The average molecular weight is 283 g/mol. The van der Waals surface area contributed by atoms with Gasteiger partial charge in [0.15, 0.2) is 12.2 Å². The molecule has 0 saturated heterocycles. The average Bonchev–Trinajstić information content (AvgIpc) is 2.32. The Bertz CT molecular complexity index is 488. The Morgan fingerprint density at radius 2 is 1.68 bits per heavy atom. The molecule has 1 aliphatic carbocycles. The van der Waals surface area contributed by atoms with E-state index in [4.69, 9.17) is 21.1 Å². The fraction of sp³-hybridized carbons (Fsp3) is 0.286. The zero-order valence-corrected chi connectivity index (χ0v) is 11.6. The van der Waals surface area contributed by atoms with Gasteiger partial charge in [-0.2, -0.15) is 0 Å². The van der Waals surface area contributed by atoms with E-state index in [1.807, 2.05) is 0 Å². The molecule has 0 saturated carbocycles. The van der Waals surface area contributed by atoms with Crippen molar-refractivity contribution in [2.24, 2.45) is 0 Å². The van der Waals surface area contributed by atoms with Crippen molar-refractivity contribution in [3.8, 4) is 0 Å². The molecule has 0 spiro atoms. The highest BCUT2D eigenvalue weighted by atomic mass is 35.5. The van der Waals surface area contributed by atoms with Gasteiger partial charge in [0.25, 0.3) is 0 Å². The van der Waals surface area contributed by atoms with Crippen LogP contribution in [0.25, 0.3) is 0 Å². The number of hydrogen-bond donors (Lipinski definition) is 0. The number of esters is 2. The van der Waals surface area contributed by atoms with Crippen molar-refractivity contribution in [3.63, 3.8) is 0 Å². The van der Waals surface area contributed by atoms with Gasteiger partial charge in [0.1, 0.15) is 0 Å². The van der Waals surface area contributed by atoms with Crippen LogP contribution in [0, 0.1) is 0 Å². The minimum Gasteiger partial charge on any atom is -0.450 e. The highest BCUT2D eigenvalue weighted by Gasteiger charge is 2.31. The van der Waals surface area contributed by atoms with Crippen molar-refractivity contribution in [1.29, 1.82) is 0 Å². The Morgan fingerprint density at radius 3 is 2.21 bits per heavy atom. The predicted octanol–water partition coefficient (Wildman–Crippen LogP) is 2.65. The van der Waals surface area contributed by atoms with Crippen LogP contribution in [0.2, 0.25) is 0 Å². The predicted molar refractivity (Wildman–Crippen MR) is 72.5 cm³/mol. The van der Waals surface area contributed by atoms with Gasteiger partial charge in [-0.05, 0) is 26.0 Å². The van der Waals surface area contributed by atoms with Crippen LogP contribution < -0.4 is 0 Å². The van der Waals surface area contributed by atoms with Crippen molar-refractivity contribution < 1.29 is 19.1 Å². The number of hydrogen-bond acceptors (Lipinski definition) is 4. The highest BCUT2D eigenvalue weighted by Crippen LogP contribution is 2.24. The molecule has 0 fully saturated rings. The Labute approximate surface area is 117 Å². The van der Waals surface area contributed by atoms with E-state index in [0.717, 1.165) is 0 Å². The van der Waals surface area contributed by atoms with Gasteiger partial charge in [-0.3, -0.25) is 0 Å². The molecule has 0 radical (unpaired) electrons. The highest BCUT2D eigenvalue weighted by molar-refractivity contribution is 6.30. The second-order valence-corrected chi connectivity index (χ2v) is 4.63. The molecule has 0 aromatic heterocycles. The molecule has 0 amide bonds. The van der Waals surface area contributed by atoms with E-state index in [1.54, 1.807) is 18.2 Å². The van der Waals surface area contributed by atoms with Crippen LogP contribution in [0.15, 0.2) is 47.6 Å². The van der Waals surface area contributed by atoms with Crippen molar-refractivity contribution in [2.45, 2.75) is 26.1 Å². The van der Waals surface area contributed by atoms with Gasteiger partial charge in [-0.15, -0.1) is 0 Å². The third kappa shape index (κ3) is 4.10. The van der Waals surface area contributed by atoms with E-state index >= 15 is 0 Å². The van der Waals surface area contributed by atoms with Crippen LogP contribution in [-0.4, -0.2) is 24.1 Å². The first-order chi connectivity index (χ1) is 8.82. The van der Waals surface area contributed by atoms with Crippen LogP contribution in [0.4, 0.5) is 0 Å². The molecule has 0 aromatic rings. The Kier molecular flexibility index (Phi) is 5.12. The minimum absolute atomic E-state index is 0.240. The van der Waals surface area contributed by atoms with Gasteiger partial charge < -0.3 is 9.47 Å². The molecule has 5 heteroatoms. The second kappa shape index (κ2) is 6.38. The normalized spacial score (nSPS) is 21.3. The molecular formula is C14H15ClO4. The summed E-state index contributed by atoms with van der Waals surface area (Å²) in [5.74, 6) is -1.17. The van der Waals surface area contributed by atoms with Crippen molar-refractivity contribution in [1.82, 2.24) is 0 Å². The van der Waals surface area contributed by atoms with E-state index in [-0.39, 0.29) is 16.2 Å². The van der Waals surface area contributed by atoms with Crippen LogP contribution in [0.5, 0.6) is 0 Å². The van der Waals surface area contributed by atoms with E-state index in [2.05, 4.69) is 13.2 Å². The van der Waals surface area contributed by atoms with Crippen molar-refractivity contribution in [3.05, 3.63) is 47.6 Å². The van der Waals surface area contributed by atoms with Crippen LogP contribution in [-0.2, 0) is 19.1 Å². The van der Waals surface area contributed by atoms with Gasteiger partial charge in [0, 0.05) is 11.1 Å². The van der Waals surface area contributed by atoms with Crippen LogP contribution >= 0.6 is 11.6 Å². The molecular weight excluding hydrogens is 268 g/mol. The number of carbonyl (C=O) groups is 2. The summed E-state index contributed by atoms with van der Waals surface area (Å²) >= 11 is 5.98. The molecule has 102 valence electrons. The number of allylic oxidation sites excluding steroid dienone is 2. The minimum atomic E-state index is -0.862. The van der Waals surface area contributed by atoms with E-state index in [1.165, 1.54) is 13.8 Å². The quantitative estimate of drug-likeness (QED) is 0.587. The summed E-state index contributed by atoms with van der Waals surface area (Å²) in [5, 5.41) is 0.275. The number of halogens is 1. The van der Waals surface area contributed by atoms with Crippen molar-refractivity contribution in [2.75, 3.05) is 0 Å². The van der Waals surface area contributed by atoms with Gasteiger partial charge in [0.05, 0.1) is 5.03 Å². The summed E-state index contributed by atoms with van der Waals surface area (Å²) in [6.45, 7) is 10.0. The second-order valence-electron chi connectivity index (χ2n) is 4.19. The van der Waals surface area contributed by atoms with Crippen LogP contribution in [0.1, 0.15) is 13.8 Å². The first kappa shape index (κ1) is 15.2. The molecule has 0 aromatic carbocycles. The summed E-state index contributed by atoms with van der Waals surface area (Å²) in [6.07, 6.45) is 3.15. The summed E-state index contributed by atoms with van der Waals surface area (Å²) in [4.78, 5) is 23.0. The Hall–Kier alpha value is -1.81. The Morgan fingerprint density at radius 1 is 1.16 bits per heavy atom.